The van der Waals surface area contributed by atoms with Crippen LogP contribution in [0.25, 0.3) is 0 Å². The van der Waals surface area contributed by atoms with Crippen LogP contribution in [0.15, 0.2) is 0 Å². The van der Waals surface area contributed by atoms with Crippen LogP contribution in [0.2, 0.25) is 0 Å². The first-order chi connectivity index (χ1) is 7.39. The second-order valence-electron chi connectivity index (χ2n) is 5.91. The van der Waals surface area contributed by atoms with Crippen LogP contribution in [-0.2, 0) is 0 Å². The molecule has 0 amide bonds. The van der Waals surface area contributed by atoms with Crippen molar-refractivity contribution in [1.82, 2.24) is 5.32 Å². The highest BCUT2D eigenvalue weighted by molar-refractivity contribution is 7.98. The van der Waals surface area contributed by atoms with E-state index in [1.165, 1.54) is 31.4 Å². The van der Waals surface area contributed by atoms with Gasteiger partial charge in [-0.3, -0.25) is 0 Å². The standard InChI is InChI=1S/C14H31NS/c1-7-14(8-2,10-9-11-16-6)12-15-13(3,4)5/h15H,7-12H2,1-6H3. The second-order valence-corrected chi connectivity index (χ2v) is 6.89. The molecule has 0 aromatic heterocycles. The third kappa shape index (κ3) is 6.80. The molecule has 2 heteroatoms. The fraction of sp³-hybridized carbons (Fsp3) is 1.00. The molecule has 1 nitrogen and oxygen atoms in total. The summed E-state index contributed by atoms with van der Waals surface area (Å²) in [5.41, 5.74) is 0.762. The third-order valence-electron chi connectivity index (χ3n) is 3.55. The van der Waals surface area contributed by atoms with E-state index in [0.29, 0.717) is 5.41 Å². The molecule has 98 valence electrons. The van der Waals surface area contributed by atoms with E-state index in [1.54, 1.807) is 0 Å². The summed E-state index contributed by atoms with van der Waals surface area (Å²) < 4.78 is 0. The SMILES string of the molecule is CCC(CC)(CCCSC)CNC(C)(C)C. The van der Waals surface area contributed by atoms with Crippen molar-refractivity contribution in [3.05, 3.63) is 0 Å². The first-order valence-corrected chi connectivity index (χ1v) is 8.02. The molecule has 0 aliphatic carbocycles. The molecule has 0 aliphatic rings. The van der Waals surface area contributed by atoms with Gasteiger partial charge in [0.05, 0.1) is 0 Å². The first kappa shape index (κ1) is 16.3. The molecular formula is C14H31NS. The Morgan fingerprint density at radius 3 is 2.00 bits per heavy atom. The monoisotopic (exact) mass is 245 g/mol. The Balaban J connectivity index is 4.20. The normalized spacial score (nSPS) is 13.1. The number of hydrogen-bond acceptors (Lipinski definition) is 2. The van der Waals surface area contributed by atoms with Gasteiger partial charge in [0.1, 0.15) is 0 Å². The summed E-state index contributed by atoms with van der Waals surface area (Å²) in [4.78, 5) is 0. The fourth-order valence-electron chi connectivity index (χ4n) is 1.99. The van der Waals surface area contributed by atoms with Gasteiger partial charge in [0.25, 0.3) is 0 Å². The van der Waals surface area contributed by atoms with Crippen LogP contribution in [0, 0.1) is 5.41 Å². The van der Waals surface area contributed by atoms with E-state index in [1.807, 2.05) is 11.8 Å². The molecule has 1 N–H and O–H groups in total. The molecule has 0 aromatic carbocycles. The van der Waals surface area contributed by atoms with Gasteiger partial charge in [-0.05, 0) is 63.9 Å². The first-order valence-electron chi connectivity index (χ1n) is 6.63. The molecule has 0 rings (SSSR count). The van der Waals surface area contributed by atoms with E-state index < -0.39 is 0 Å². The molecular weight excluding hydrogens is 214 g/mol. The molecule has 0 aliphatic heterocycles. The van der Waals surface area contributed by atoms with Crippen molar-refractivity contribution in [2.75, 3.05) is 18.6 Å². The van der Waals surface area contributed by atoms with Gasteiger partial charge in [0, 0.05) is 12.1 Å². The molecule has 0 aromatic rings. The van der Waals surface area contributed by atoms with Crippen LogP contribution >= 0.6 is 11.8 Å². The maximum atomic E-state index is 3.68. The summed E-state index contributed by atoms with van der Waals surface area (Å²) in [6.45, 7) is 12.6. The van der Waals surface area contributed by atoms with Crippen molar-refractivity contribution in [3.63, 3.8) is 0 Å². The van der Waals surface area contributed by atoms with Crippen LogP contribution in [0.3, 0.4) is 0 Å². The van der Waals surface area contributed by atoms with Crippen molar-refractivity contribution < 1.29 is 0 Å². The predicted octanol–water partition coefficient (Wildman–Crippen LogP) is 4.32. The fourth-order valence-corrected chi connectivity index (χ4v) is 2.42. The molecule has 0 fully saturated rings. The lowest BCUT2D eigenvalue weighted by Crippen LogP contribution is -2.43. The highest BCUT2D eigenvalue weighted by atomic mass is 32.2. The van der Waals surface area contributed by atoms with E-state index in [9.17, 15) is 0 Å². The van der Waals surface area contributed by atoms with Crippen LogP contribution in [-0.4, -0.2) is 24.1 Å². The summed E-state index contributed by atoms with van der Waals surface area (Å²) in [5.74, 6) is 1.30. The van der Waals surface area contributed by atoms with Crippen molar-refractivity contribution in [2.24, 2.45) is 5.41 Å². The highest BCUT2D eigenvalue weighted by Gasteiger charge is 2.26. The summed E-state index contributed by atoms with van der Waals surface area (Å²) in [5, 5.41) is 3.68. The van der Waals surface area contributed by atoms with E-state index in [-0.39, 0.29) is 5.54 Å². The lowest BCUT2D eigenvalue weighted by Gasteiger charge is -2.35. The lowest BCUT2D eigenvalue weighted by molar-refractivity contribution is 0.204. The Labute approximate surface area is 107 Å². The molecule has 0 spiro atoms. The van der Waals surface area contributed by atoms with Gasteiger partial charge in [0.2, 0.25) is 0 Å². The zero-order chi connectivity index (χ0) is 12.7. The van der Waals surface area contributed by atoms with Gasteiger partial charge in [-0.15, -0.1) is 0 Å². The Kier molecular flexibility index (Phi) is 7.75. The molecule has 0 radical (unpaired) electrons. The largest absolute Gasteiger partial charge is 0.312 e. The molecule has 0 unspecified atom stereocenters. The van der Waals surface area contributed by atoms with Crippen molar-refractivity contribution >= 4 is 11.8 Å². The number of rotatable bonds is 8. The van der Waals surface area contributed by atoms with Gasteiger partial charge in [0.15, 0.2) is 0 Å². The molecule has 0 saturated carbocycles. The molecule has 0 bridgehead atoms. The van der Waals surface area contributed by atoms with Crippen molar-refractivity contribution in [3.8, 4) is 0 Å². The van der Waals surface area contributed by atoms with Gasteiger partial charge in [-0.1, -0.05) is 13.8 Å². The average Bonchev–Trinajstić information content (AvgIpc) is 2.23. The Hall–Kier alpha value is 0.310. The van der Waals surface area contributed by atoms with Crippen molar-refractivity contribution in [1.29, 1.82) is 0 Å². The maximum absolute atomic E-state index is 3.68. The Morgan fingerprint density at radius 1 is 1.06 bits per heavy atom. The minimum atomic E-state index is 0.245. The smallest absolute Gasteiger partial charge is 0.00967 e. The van der Waals surface area contributed by atoms with Crippen LogP contribution < -0.4 is 5.32 Å². The molecule has 0 heterocycles. The molecule has 16 heavy (non-hydrogen) atoms. The van der Waals surface area contributed by atoms with E-state index in [0.717, 1.165) is 6.54 Å². The summed E-state index contributed by atoms with van der Waals surface area (Å²) in [6.07, 6.45) is 7.51. The zero-order valence-corrected chi connectivity index (χ0v) is 13.0. The van der Waals surface area contributed by atoms with Crippen molar-refractivity contribution in [2.45, 2.75) is 65.8 Å². The number of hydrogen-bond donors (Lipinski definition) is 1. The maximum Gasteiger partial charge on any atom is 0.00967 e. The Morgan fingerprint density at radius 2 is 1.62 bits per heavy atom. The minimum Gasteiger partial charge on any atom is -0.312 e. The molecule has 0 atom stereocenters. The van der Waals surface area contributed by atoms with Gasteiger partial charge in [-0.25, -0.2) is 0 Å². The zero-order valence-electron chi connectivity index (χ0n) is 12.2. The lowest BCUT2D eigenvalue weighted by atomic mass is 9.78. The predicted molar refractivity (Wildman–Crippen MR) is 78.4 cm³/mol. The highest BCUT2D eigenvalue weighted by Crippen LogP contribution is 2.32. The summed E-state index contributed by atoms with van der Waals surface area (Å²) >= 11 is 1.97. The third-order valence-corrected chi connectivity index (χ3v) is 4.25. The van der Waals surface area contributed by atoms with Gasteiger partial charge < -0.3 is 5.32 Å². The molecule has 0 saturated heterocycles. The topological polar surface area (TPSA) is 12.0 Å². The second kappa shape index (κ2) is 7.60. The number of thioether (sulfide) groups is 1. The Bertz CT molecular complexity index is 168. The van der Waals surface area contributed by atoms with Crippen LogP contribution in [0.5, 0.6) is 0 Å². The van der Waals surface area contributed by atoms with E-state index >= 15 is 0 Å². The van der Waals surface area contributed by atoms with Gasteiger partial charge in [-0.2, -0.15) is 11.8 Å². The van der Waals surface area contributed by atoms with E-state index in [4.69, 9.17) is 0 Å². The minimum absolute atomic E-state index is 0.245. The quantitative estimate of drug-likeness (QED) is 0.639. The van der Waals surface area contributed by atoms with Crippen LogP contribution in [0.1, 0.15) is 60.3 Å². The van der Waals surface area contributed by atoms with Crippen LogP contribution in [0.4, 0.5) is 0 Å². The van der Waals surface area contributed by atoms with Gasteiger partial charge >= 0.3 is 0 Å². The summed E-state index contributed by atoms with van der Waals surface area (Å²) in [7, 11) is 0. The number of nitrogens with one attached hydrogen (secondary N) is 1. The summed E-state index contributed by atoms with van der Waals surface area (Å²) in [6, 6.07) is 0. The average molecular weight is 245 g/mol. The van der Waals surface area contributed by atoms with E-state index in [2.05, 4.69) is 46.2 Å².